The maximum atomic E-state index is 5.78. The second kappa shape index (κ2) is 4.02. The predicted octanol–water partition coefficient (Wildman–Crippen LogP) is 2.78. The highest BCUT2D eigenvalue weighted by molar-refractivity contribution is 5.44. The van der Waals surface area contributed by atoms with Crippen molar-refractivity contribution in [3.8, 4) is 0 Å². The summed E-state index contributed by atoms with van der Waals surface area (Å²) in [4.78, 5) is 2.67. The van der Waals surface area contributed by atoms with E-state index in [0.29, 0.717) is 11.5 Å². The highest BCUT2D eigenvalue weighted by atomic mass is 15.2. The van der Waals surface area contributed by atoms with E-state index >= 15 is 0 Å². The van der Waals surface area contributed by atoms with Gasteiger partial charge in [-0.05, 0) is 63.4 Å². The molecule has 0 amide bonds. The molecule has 1 aliphatic heterocycles. The Balaban J connectivity index is 1.83. The van der Waals surface area contributed by atoms with Gasteiger partial charge in [-0.3, -0.25) is 4.90 Å². The predicted molar refractivity (Wildman–Crippen MR) is 72.0 cm³/mol. The third kappa shape index (κ3) is 1.85. The minimum atomic E-state index is 0.429. The minimum Gasteiger partial charge on any atom is -0.399 e. The molecule has 1 aromatic rings. The number of hydrogen-bond donors (Lipinski definition) is 1. The topological polar surface area (TPSA) is 29.3 Å². The molecule has 0 spiro atoms. The molecule has 17 heavy (non-hydrogen) atoms. The summed E-state index contributed by atoms with van der Waals surface area (Å²) in [5.74, 6) is 0. The van der Waals surface area contributed by atoms with Crippen LogP contribution >= 0.6 is 0 Å². The van der Waals surface area contributed by atoms with Crippen molar-refractivity contribution < 1.29 is 0 Å². The Morgan fingerprint density at radius 2 is 1.71 bits per heavy atom. The number of nitrogens with zero attached hydrogens (tertiary/aromatic N) is 1. The van der Waals surface area contributed by atoms with Gasteiger partial charge < -0.3 is 5.73 Å². The van der Waals surface area contributed by atoms with Gasteiger partial charge in [0.1, 0.15) is 0 Å². The summed E-state index contributed by atoms with van der Waals surface area (Å²) < 4.78 is 0. The quantitative estimate of drug-likeness (QED) is 0.809. The van der Waals surface area contributed by atoms with E-state index in [1.165, 1.54) is 44.3 Å². The molecule has 0 aromatic heterocycles. The highest BCUT2D eigenvalue weighted by Crippen LogP contribution is 2.52. The first-order chi connectivity index (χ1) is 8.22. The molecule has 1 saturated carbocycles. The lowest BCUT2D eigenvalue weighted by Crippen LogP contribution is -2.39. The third-order valence-corrected chi connectivity index (χ3v) is 4.76. The van der Waals surface area contributed by atoms with Crippen molar-refractivity contribution in [2.45, 2.75) is 44.1 Å². The molecule has 2 heteroatoms. The van der Waals surface area contributed by atoms with Crippen molar-refractivity contribution >= 4 is 5.69 Å². The van der Waals surface area contributed by atoms with Crippen LogP contribution < -0.4 is 5.73 Å². The number of likely N-dealkylation sites (tertiary alicyclic amines) is 1. The smallest absolute Gasteiger partial charge is 0.0314 e. The molecular formula is C15H22N2. The van der Waals surface area contributed by atoms with Crippen LogP contribution in [0.4, 0.5) is 5.69 Å². The average molecular weight is 230 g/mol. The van der Waals surface area contributed by atoms with Gasteiger partial charge in [0.15, 0.2) is 0 Å². The molecule has 0 radical (unpaired) electrons. The number of anilines is 1. The number of hydrogen-bond acceptors (Lipinski definition) is 2. The summed E-state index contributed by atoms with van der Waals surface area (Å²) in [6.07, 6.45) is 5.44. The first-order valence-corrected chi connectivity index (χ1v) is 6.82. The molecule has 1 aliphatic carbocycles. The lowest BCUT2D eigenvalue weighted by atomic mass is 9.88. The molecule has 1 atom stereocenters. The van der Waals surface area contributed by atoms with Crippen molar-refractivity contribution in [3.05, 3.63) is 29.8 Å². The van der Waals surface area contributed by atoms with Gasteiger partial charge in [0, 0.05) is 17.1 Å². The molecule has 1 unspecified atom stereocenters. The lowest BCUT2D eigenvalue weighted by molar-refractivity contribution is 0.214. The number of nitrogens with two attached hydrogens (primary N) is 1. The SMILES string of the molecule is CC(N1CCCC1)C1(c2ccc(N)cc2)CC1. The van der Waals surface area contributed by atoms with E-state index in [4.69, 9.17) is 5.73 Å². The van der Waals surface area contributed by atoms with E-state index in [1.54, 1.807) is 0 Å². The van der Waals surface area contributed by atoms with Crippen molar-refractivity contribution in [1.29, 1.82) is 0 Å². The van der Waals surface area contributed by atoms with Gasteiger partial charge >= 0.3 is 0 Å². The molecule has 2 N–H and O–H groups in total. The van der Waals surface area contributed by atoms with Crippen LogP contribution in [0, 0.1) is 0 Å². The Morgan fingerprint density at radius 3 is 2.24 bits per heavy atom. The van der Waals surface area contributed by atoms with E-state index in [2.05, 4.69) is 24.0 Å². The molecule has 1 aromatic carbocycles. The van der Waals surface area contributed by atoms with Gasteiger partial charge in [0.25, 0.3) is 0 Å². The molecule has 2 aliphatic rings. The van der Waals surface area contributed by atoms with Crippen molar-refractivity contribution in [1.82, 2.24) is 4.90 Å². The van der Waals surface area contributed by atoms with Gasteiger partial charge in [0.2, 0.25) is 0 Å². The normalized spacial score (nSPS) is 24.8. The van der Waals surface area contributed by atoms with Gasteiger partial charge in [0.05, 0.1) is 0 Å². The highest BCUT2D eigenvalue weighted by Gasteiger charge is 2.50. The van der Waals surface area contributed by atoms with Crippen LogP contribution in [0.2, 0.25) is 0 Å². The molecule has 3 rings (SSSR count). The standard InChI is InChI=1S/C15H22N2/c1-12(17-10-2-3-11-17)15(8-9-15)13-4-6-14(16)7-5-13/h4-7,12H,2-3,8-11,16H2,1H3. The molecule has 1 heterocycles. The Labute approximate surface area is 104 Å². The Kier molecular flexibility index (Phi) is 2.62. The van der Waals surface area contributed by atoms with Crippen molar-refractivity contribution in [2.75, 3.05) is 18.8 Å². The number of rotatable bonds is 3. The van der Waals surface area contributed by atoms with Crippen LogP contribution in [0.15, 0.2) is 24.3 Å². The summed E-state index contributed by atoms with van der Waals surface area (Å²) in [6, 6.07) is 9.25. The zero-order chi connectivity index (χ0) is 11.9. The third-order valence-electron chi connectivity index (χ3n) is 4.76. The molecule has 2 nitrogen and oxygen atoms in total. The van der Waals surface area contributed by atoms with E-state index < -0.39 is 0 Å². The summed E-state index contributed by atoms with van der Waals surface area (Å²) in [5, 5.41) is 0. The zero-order valence-corrected chi connectivity index (χ0v) is 10.7. The van der Waals surface area contributed by atoms with E-state index in [0.717, 1.165) is 5.69 Å². The fourth-order valence-corrected chi connectivity index (χ4v) is 3.38. The molecule has 1 saturated heterocycles. The number of nitrogen functional groups attached to an aromatic ring is 1. The maximum absolute atomic E-state index is 5.78. The molecule has 92 valence electrons. The van der Waals surface area contributed by atoms with Gasteiger partial charge in [-0.15, -0.1) is 0 Å². The molecular weight excluding hydrogens is 208 g/mol. The number of benzene rings is 1. The fraction of sp³-hybridized carbons (Fsp3) is 0.600. The second-order valence-electron chi connectivity index (χ2n) is 5.70. The van der Waals surface area contributed by atoms with Crippen LogP contribution in [-0.2, 0) is 5.41 Å². The summed E-state index contributed by atoms with van der Waals surface area (Å²) in [6.45, 7) is 4.99. The summed E-state index contributed by atoms with van der Waals surface area (Å²) in [7, 11) is 0. The lowest BCUT2D eigenvalue weighted by Gasteiger charge is -2.32. The minimum absolute atomic E-state index is 0.429. The van der Waals surface area contributed by atoms with Gasteiger partial charge in [-0.2, -0.15) is 0 Å². The van der Waals surface area contributed by atoms with Crippen LogP contribution in [0.5, 0.6) is 0 Å². The zero-order valence-electron chi connectivity index (χ0n) is 10.7. The van der Waals surface area contributed by atoms with E-state index in [9.17, 15) is 0 Å². The fourth-order valence-electron chi connectivity index (χ4n) is 3.38. The Morgan fingerprint density at radius 1 is 1.12 bits per heavy atom. The molecule has 2 fully saturated rings. The summed E-state index contributed by atoms with van der Waals surface area (Å²) >= 11 is 0. The summed E-state index contributed by atoms with van der Waals surface area (Å²) in [5.41, 5.74) is 8.57. The Hall–Kier alpha value is -1.02. The average Bonchev–Trinajstić information content (AvgIpc) is 2.97. The molecule has 0 bridgehead atoms. The van der Waals surface area contributed by atoms with Crippen LogP contribution in [-0.4, -0.2) is 24.0 Å². The van der Waals surface area contributed by atoms with E-state index in [-0.39, 0.29) is 0 Å². The van der Waals surface area contributed by atoms with E-state index in [1.807, 2.05) is 12.1 Å². The first-order valence-electron chi connectivity index (χ1n) is 6.82. The Bertz CT molecular complexity index is 386. The van der Waals surface area contributed by atoms with Gasteiger partial charge in [-0.25, -0.2) is 0 Å². The first kappa shape index (κ1) is 11.1. The second-order valence-corrected chi connectivity index (χ2v) is 5.70. The van der Waals surface area contributed by atoms with Crippen LogP contribution in [0.3, 0.4) is 0 Å². The largest absolute Gasteiger partial charge is 0.399 e. The van der Waals surface area contributed by atoms with Crippen LogP contribution in [0.1, 0.15) is 38.2 Å². The maximum Gasteiger partial charge on any atom is 0.0314 e. The van der Waals surface area contributed by atoms with Crippen LogP contribution in [0.25, 0.3) is 0 Å². The van der Waals surface area contributed by atoms with Crippen molar-refractivity contribution in [2.24, 2.45) is 0 Å². The van der Waals surface area contributed by atoms with Crippen molar-refractivity contribution in [3.63, 3.8) is 0 Å². The monoisotopic (exact) mass is 230 g/mol. The van der Waals surface area contributed by atoms with Gasteiger partial charge in [-0.1, -0.05) is 12.1 Å².